The lowest BCUT2D eigenvalue weighted by atomic mass is 10.1. The molecule has 0 saturated carbocycles. The highest BCUT2D eigenvalue weighted by atomic mass is 16.5. The average Bonchev–Trinajstić information content (AvgIpc) is 2.34. The summed E-state index contributed by atoms with van der Waals surface area (Å²) in [5.74, 6) is -0.238. The van der Waals surface area contributed by atoms with Gasteiger partial charge in [-0.05, 0) is 26.3 Å². The molecule has 1 N–H and O–H groups in total. The summed E-state index contributed by atoms with van der Waals surface area (Å²) in [5.41, 5.74) is 5.42. The summed E-state index contributed by atoms with van der Waals surface area (Å²) in [7, 11) is 0. The zero-order chi connectivity index (χ0) is 12.7. The van der Waals surface area contributed by atoms with Crippen LogP contribution in [0, 0.1) is 6.92 Å². The van der Waals surface area contributed by atoms with Crippen LogP contribution in [0.2, 0.25) is 0 Å². The van der Waals surface area contributed by atoms with Crippen molar-refractivity contribution in [3.8, 4) is 0 Å². The molecule has 0 bridgehead atoms. The quantitative estimate of drug-likeness (QED) is 0.624. The molecule has 1 rings (SSSR count). The van der Waals surface area contributed by atoms with Gasteiger partial charge >= 0.3 is 0 Å². The molecular formula is C13H18N2O2. The van der Waals surface area contributed by atoms with Crippen molar-refractivity contribution in [3.05, 3.63) is 35.4 Å². The molecule has 0 aliphatic rings. The Morgan fingerprint density at radius 2 is 2.00 bits per heavy atom. The van der Waals surface area contributed by atoms with Gasteiger partial charge in [0.2, 0.25) is 0 Å². The standard InChI is InChI=1S/C13H18N2O2/c1-4-17-9-13(16)15-14-11(3)12-7-5-10(2)6-8-12/h5-8H,4,9H2,1-3H3,(H,15,16)/b14-11+. The van der Waals surface area contributed by atoms with Crippen LogP contribution in [0.5, 0.6) is 0 Å². The van der Waals surface area contributed by atoms with Crippen molar-refractivity contribution in [1.29, 1.82) is 0 Å². The Hall–Kier alpha value is -1.68. The van der Waals surface area contributed by atoms with E-state index in [0.29, 0.717) is 6.61 Å². The van der Waals surface area contributed by atoms with Gasteiger partial charge in [-0.3, -0.25) is 4.79 Å². The molecule has 0 heterocycles. The van der Waals surface area contributed by atoms with E-state index in [2.05, 4.69) is 10.5 Å². The molecule has 0 aliphatic carbocycles. The van der Waals surface area contributed by atoms with Crippen LogP contribution in [0.1, 0.15) is 25.0 Å². The van der Waals surface area contributed by atoms with Gasteiger partial charge in [0.15, 0.2) is 0 Å². The minimum absolute atomic E-state index is 0.0428. The lowest BCUT2D eigenvalue weighted by molar-refractivity contribution is -0.125. The van der Waals surface area contributed by atoms with Crippen molar-refractivity contribution in [2.45, 2.75) is 20.8 Å². The minimum atomic E-state index is -0.238. The fourth-order valence-electron chi connectivity index (χ4n) is 1.23. The average molecular weight is 234 g/mol. The highest BCUT2D eigenvalue weighted by molar-refractivity contribution is 5.99. The van der Waals surface area contributed by atoms with Crippen LogP contribution in [0.4, 0.5) is 0 Å². The maximum absolute atomic E-state index is 11.2. The number of ether oxygens (including phenoxy) is 1. The van der Waals surface area contributed by atoms with E-state index in [9.17, 15) is 4.79 Å². The normalized spacial score (nSPS) is 11.4. The summed E-state index contributed by atoms with van der Waals surface area (Å²) >= 11 is 0. The second-order valence-corrected chi connectivity index (χ2v) is 3.74. The highest BCUT2D eigenvalue weighted by Crippen LogP contribution is 2.04. The molecule has 17 heavy (non-hydrogen) atoms. The van der Waals surface area contributed by atoms with Gasteiger partial charge in [-0.15, -0.1) is 0 Å². The second-order valence-electron chi connectivity index (χ2n) is 3.74. The van der Waals surface area contributed by atoms with Gasteiger partial charge in [0.05, 0.1) is 5.71 Å². The van der Waals surface area contributed by atoms with Gasteiger partial charge in [0.1, 0.15) is 6.61 Å². The molecule has 0 aromatic heterocycles. The predicted octanol–water partition coefficient (Wildman–Crippen LogP) is 1.87. The number of carbonyl (C=O) groups excluding carboxylic acids is 1. The number of amides is 1. The molecular weight excluding hydrogens is 216 g/mol. The third-order valence-electron chi connectivity index (χ3n) is 2.25. The lowest BCUT2D eigenvalue weighted by Crippen LogP contribution is -2.24. The Morgan fingerprint density at radius 3 is 2.59 bits per heavy atom. The summed E-state index contributed by atoms with van der Waals surface area (Å²) in [6.45, 7) is 6.29. The summed E-state index contributed by atoms with van der Waals surface area (Å²) in [5, 5.41) is 4.01. The van der Waals surface area contributed by atoms with E-state index in [0.717, 1.165) is 11.3 Å². The first-order valence-electron chi connectivity index (χ1n) is 5.61. The topological polar surface area (TPSA) is 50.7 Å². The smallest absolute Gasteiger partial charge is 0.266 e. The van der Waals surface area contributed by atoms with Gasteiger partial charge in [0, 0.05) is 6.61 Å². The molecule has 92 valence electrons. The van der Waals surface area contributed by atoms with Gasteiger partial charge in [0.25, 0.3) is 5.91 Å². The van der Waals surface area contributed by atoms with Crippen molar-refractivity contribution >= 4 is 11.6 Å². The van der Waals surface area contributed by atoms with Gasteiger partial charge in [-0.25, -0.2) is 5.43 Å². The Labute approximate surface area is 102 Å². The van der Waals surface area contributed by atoms with Crippen LogP contribution in [0.25, 0.3) is 0 Å². The maximum Gasteiger partial charge on any atom is 0.266 e. The van der Waals surface area contributed by atoms with E-state index >= 15 is 0 Å². The molecule has 4 nitrogen and oxygen atoms in total. The molecule has 0 unspecified atom stereocenters. The molecule has 0 atom stereocenters. The zero-order valence-electron chi connectivity index (χ0n) is 10.5. The Bertz CT molecular complexity index is 396. The first kappa shape index (κ1) is 13.4. The predicted molar refractivity (Wildman–Crippen MR) is 68.0 cm³/mol. The molecule has 0 aliphatic heterocycles. The Balaban J connectivity index is 2.54. The second kappa shape index (κ2) is 6.81. The SMILES string of the molecule is CCOCC(=O)N/N=C(\C)c1ccc(C)cc1. The van der Waals surface area contributed by atoms with E-state index in [1.54, 1.807) is 0 Å². The first-order valence-corrected chi connectivity index (χ1v) is 5.61. The Morgan fingerprint density at radius 1 is 1.35 bits per heavy atom. The number of hydrazone groups is 1. The zero-order valence-corrected chi connectivity index (χ0v) is 10.5. The van der Waals surface area contributed by atoms with Crippen LogP contribution in [0.3, 0.4) is 0 Å². The molecule has 1 aromatic rings. The monoisotopic (exact) mass is 234 g/mol. The van der Waals surface area contributed by atoms with Crippen LogP contribution in [-0.4, -0.2) is 24.8 Å². The number of benzene rings is 1. The van der Waals surface area contributed by atoms with E-state index in [4.69, 9.17) is 4.74 Å². The minimum Gasteiger partial charge on any atom is -0.372 e. The van der Waals surface area contributed by atoms with Crippen molar-refractivity contribution in [1.82, 2.24) is 5.43 Å². The lowest BCUT2D eigenvalue weighted by Gasteiger charge is -2.03. The van der Waals surface area contributed by atoms with E-state index in [1.807, 2.05) is 45.0 Å². The number of nitrogens with zero attached hydrogens (tertiary/aromatic N) is 1. The summed E-state index contributed by atoms with van der Waals surface area (Å²) in [4.78, 5) is 11.2. The van der Waals surface area contributed by atoms with E-state index in [-0.39, 0.29) is 12.5 Å². The molecule has 0 fully saturated rings. The molecule has 4 heteroatoms. The Kier molecular flexibility index (Phi) is 5.36. The van der Waals surface area contributed by atoms with Crippen molar-refractivity contribution in [3.63, 3.8) is 0 Å². The largest absolute Gasteiger partial charge is 0.372 e. The number of rotatable bonds is 5. The third-order valence-corrected chi connectivity index (χ3v) is 2.25. The van der Waals surface area contributed by atoms with Crippen LogP contribution in [-0.2, 0) is 9.53 Å². The molecule has 0 saturated heterocycles. The number of hydrogen-bond acceptors (Lipinski definition) is 3. The fourth-order valence-corrected chi connectivity index (χ4v) is 1.23. The fraction of sp³-hybridized carbons (Fsp3) is 0.385. The van der Waals surface area contributed by atoms with Crippen molar-refractivity contribution < 1.29 is 9.53 Å². The van der Waals surface area contributed by atoms with E-state index in [1.165, 1.54) is 5.56 Å². The summed E-state index contributed by atoms with van der Waals surface area (Å²) in [6, 6.07) is 7.97. The molecule has 1 amide bonds. The number of carbonyl (C=O) groups is 1. The summed E-state index contributed by atoms with van der Waals surface area (Å²) < 4.78 is 4.97. The molecule has 1 aromatic carbocycles. The molecule has 0 spiro atoms. The van der Waals surface area contributed by atoms with Gasteiger partial charge in [-0.2, -0.15) is 5.10 Å². The first-order chi connectivity index (χ1) is 8.13. The van der Waals surface area contributed by atoms with Gasteiger partial charge < -0.3 is 4.74 Å². The number of aryl methyl sites for hydroxylation is 1. The number of hydrogen-bond donors (Lipinski definition) is 1. The van der Waals surface area contributed by atoms with Crippen LogP contribution in [0.15, 0.2) is 29.4 Å². The van der Waals surface area contributed by atoms with Crippen molar-refractivity contribution in [2.75, 3.05) is 13.2 Å². The highest BCUT2D eigenvalue weighted by Gasteiger charge is 2.00. The molecule has 0 radical (unpaired) electrons. The van der Waals surface area contributed by atoms with Crippen LogP contribution >= 0.6 is 0 Å². The number of nitrogens with one attached hydrogen (secondary N) is 1. The van der Waals surface area contributed by atoms with Crippen molar-refractivity contribution in [2.24, 2.45) is 5.10 Å². The maximum atomic E-state index is 11.2. The van der Waals surface area contributed by atoms with Gasteiger partial charge in [-0.1, -0.05) is 29.8 Å². The third kappa shape index (κ3) is 4.78. The summed E-state index contributed by atoms with van der Waals surface area (Å²) in [6.07, 6.45) is 0. The van der Waals surface area contributed by atoms with E-state index < -0.39 is 0 Å². The van der Waals surface area contributed by atoms with Crippen LogP contribution < -0.4 is 5.43 Å².